The molecule has 0 heterocycles. The average Bonchev–Trinajstić information content (AvgIpc) is 2.79. The molecule has 0 aliphatic carbocycles. The lowest BCUT2D eigenvalue weighted by molar-refractivity contribution is -0.143. The topological polar surface area (TPSA) is 26.3 Å². The van der Waals surface area contributed by atoms with Crippen molar-refractivity contribution in [2.45, 2.75) is 175 Å². The minimum absolute atomic E-state index is 0.0216. The van der Waals surface area contributed by atoms with E-state index >= 15 is 0 Å². The molecule has 0 spiro atoms. The number of rotatable bonds is 26. The SMILES string of the molecule is CCCCCCC(C)CCCCCCCCC(=O)OCCCCCCCCCCCC(C)C. The van der Waals surface area contributed by atoms with Crippen LogP contribution >= 0.6 is 0 Å². The Morgan fingerprint density at radius 2 is 0.970 bits per heavy atom. The summed E-state index contributed by atoms with van der Waals surface area (Å²) in [6.07, 6.45) is 29.8. The maximum atomic E-state index is 11.9. The second-order valence-corrected chi connectivity index (χ2v) is 11.2. The van der Waals surface area contributed by atoms with Crippen LogP contribution in [0.3, 0.4) is 0 Å². The molecule has 0 aliphatic heterocycles. The lowest BCUT2D eigenvalue weighted by Crippen LogP contribution is -2.05. The van der Waals surface area contributed by atoms with Gasteiger partial charge in [-0.25, -0.2) is 0 Å². The van der Waals surface area contributed by atoms with Gasteiger partial charge >= 0.3 is 5.97 Å². The number of unbranched alkanes of at least 4 members (excludes halogenated alkanes) is 16. The second kappa shape index (κ2) is 26.1. The van der Waals surface area contributed by atoms with Crippen LogP contribution in [-0.2, 0) is 9.53 Å². The van der Waals surface area contributed by atoms with E-state index in [2.05, 4.69) is 27.7 Å². The predicted octanol–water partition coefficient (Wildman–Crippen LogP) is 10.8. The minimum atomic E-state index is 0.0216. The number of hydrogen-bond acceptors (Lipinski definition) is 2. The standard InChI is InChI=1S/C31H62O2/c1-5-6-7-20-25-30(4)26-21-16-12-13-17-22-27-31(32)33-28-23-18-14-10-8-9-11-15-19-24-29(2)3/h29-30H,5-28H2,1-4H3. The number of ether oxygens (including phenoxy) is 1. The van der Waals surface area contributed by atoms with Gasteiger partial charge in [0.1, 0.15) is 0 Å². The van der Waals surface area contributed by atoms with E-state index in [1.165, 1.54) is 128 Å². The van der Waals surface area contributed by atoms with Gasteiger partial charge in [0.25, 0.3) is 0 Å². The van der Waals surface area contributed by atoms with E-state index in [0.29, 0.717) is 13.0 Å². The van der Waals surface area contributed by atoms with Crippen LogP contribution < -0.4 is 0 Å². The highest BCUT2D eigenvalue weighted by atomic mass is 16.5. The first kappa shape index (κ1) is 32.5. The molecule has 1 atom stereocenters. The molecule has 2 nitrogen and oxygen atoms in total. The summed E-state index contributed by atoms with van der Waals surface area (Å²) < 4.78 is 5.41. The van der Waals surface area contributed by atoms with Crippen LogP contribution in [-0.4, -0.2) is 12.6 Å². The van der Waals surface area contributed by atoms with Crippen molar-refractivity contribution >= 4 is 5.97 Å². The van der Waals surface area contributed by atoms with Gasteiger partial charge in [-0.3, -0.25) is 4.79 Å². The van der Waals surface area contributed by atoms with E-state index in [9.17, 15) is 4.79 Å². The molecule has 198 valence electrons. The van der Waals surface area contributed by atoms with Crippen molar-refractivity contribution in [2.24, 2.45) is 11.8 Å². The summed E-state index contributed by atoms with van der Waals surface area (Å²) in [6, 6.07) is 0. The van der Waals surface area contributed by atoms with E-state index < -0.39 is 0 Å². The molecule has 1 unspecified atom stereocenters. The van der Waals surface area contributed by atoms with Gasteiger partial charge in [0.2, 0.25) is 0 Å². The van der Waals surface area contributed by atoms with Crippen molar-refractivity contribution in [3.05, 3.63) is 0 Å². The lowest BCUT2D eigenvalue weighted by atomic mass is 9.96. The second-order valence-electron chi connectivity index (χ2n) is 11.2. The molecule has 0 aliphatic rings. The van der Waals surface area contributed by atoms with Crippen LogP contribution in [0.4, 0.5) is 0 Å². The molecule has 0 rings (SSSR count). The van der Waals surface area contributed by atoms with Gasteiger partial charge in [0, 0.05) is 6.42 Å². The summed E-state index contributed by atoms with van der Waals surface area (Å²) in [5, 5.41) is 0. The molecule has 0 aromatic heterocycles. The van der Waals surface area contributed by atoms with Crippen molar-refractivity contribution < 1.29 is 9.53 Å². The lowest BCUT2D eigenvalue weighted by Gasteiger charge is -2.10. The Morgan fingerprint density at radius 1 is 0.545 bits per heavy atom. The zero-order chi connectivity index (χ0) is 24.4. The third-order valence-corrected chi connectivity index (χ3v) is 7.07. The monoisotopic (exact) mass is 466 g/mol. The molecule has 0 N–H and O–H groups in total. The summed E-state index contributed by atoms with van der Waals surface area (Å²) in [5.41, 5.74) is 0. The highest BCUT2D eigenvalue weighted by Gasteiger charge is 2.04. The van der Waals surface area contributed by atoms with Crippen molar-refractivity contribution in [2.75, 3.05) is 6.61 Å². The highest BCUT2D eigenvalue weighted by Crippen LogP contribution is 2.18. The van der Waals surface area contributed by atoms with Crippen molar-refractivity contribution in [3.8, 4) is 0 Å². The zero-order valence-corrected chi connectivity index (χ0v) is 23.4. The molecule has 0 bridgehead atoms. The summed E-state index contributed by atoms with van der Waals surface area (Å²) in [5.74, 6) is 1.78. The molecule has 0 radical (unpaired) electrons. The molecular weight excluding hydrogens is 404 g/mol. The maximum Gasteiger partial charge on any atom is 0.305 e. The van der Waals surface area contributed by atoms with E-state index in [1.807, 2.05) is 0 Å². The van der Waals surface area contributed by atoms with E-state index in [1.54, 1.807) is 0 Å². The van der Waals surface area contributed by atoms with Crippen LogP contribution in [0, 0.1) is 11.8 Å². The largest absolute Gasteiger partial charge is 0.466 e. The Bertz CT molecular complexity index is 390. The van der Waals surface area contributed by atoms with E-state index in [-0.39, 0.29) is 5.97 Å². The molecule has 0 fully saturated rings. The van der Waals surface area contributed by atoms with Crippen LogP contribution in [0.25, 0.3) is 0 Å². The van der Waals surface area contributed by atoms with Gasteiger partial charge in [-0.15, -0.1) is 0 Å². The van der Waals surface area contributed by atoms with E-state index in [0.717, 1.165) is 24.7 Å². The Kier molecular flexibility index (Phi) is 25.7. The fourth-order valence-corrected chi connectivity index (χ4v) is 4.68. The third-order valence-electron chi connectivity index (χ3n) is 7.07. The van der Waals surface area contributed by atoms with E-state index in [4.69, 9.17) is 4.74 Å². The first-order valence-electron chi connectivity index (χ1n) is 15.2. The molecule has 0 saturated carbocycles. The van der Waals surface area contributed by atoms with Crippen molar-refractivity contribution in [3.63, 3.8) is 0 Å². The van der Waals surface area contributed by atoms with Crippen LogP contribution in [0.15, 0.2) is 0 Å². The van der Waals surface area contributed by atoms with Crippen LogP contribution in [0.2, 0.25) is 0 Å². The molecule has 0 saturated heterocycles. The Labute approximate surface area is 209 Å². The zero-order valence-electron chi connectivity index (χ0n) is 23.4. The summed E-state index contributed by atoms with van der Waals surface area (Å²) in [4.78, 5) is 11.9. The first-order valence-corrected chi connectivity index (χ1v) is 15.2. The maximum absolute atomic E-state index is 11.9. The van der Waals surface area contributed by atoms with Gasteiger partial charge in [-0.05, 0) is 24.7 Å². The van der Waals surface area contributed by atoms with Gasteiger partial charge in [0.05, 0.1) is 6.61 Å². The first-order chi connectivity index (χ1) is 16.1. The number of hydrogen-bond donors (Lipinski definition) is 0. The molecule has 2 heteroatoms. The number of carbonyl (C=O) groups is 1. The molecule has 0 aromatic rings. The summed E-state index contributed by atoms with van der Waals surface area (Å²) in [6.45, 7) is 9.97. The Balaban J connectivity index is 3.23. The Hall–Kier alpha value is -0.530. The Morgan fingerprint density at radius 3 is 1.48 bits per heavy atom. The average molecular weight is 467 g/mol. The quantitative estimate of drug-likeness (QED) is 0.0935. The highest BCUT2D eigenvalue weighted by molar-refractivity contribution is 5.69. The normalized spacial score (nSPS) is 12.4. The van der Waals surface area contributed by atoms with Gasteiger partial charge in [-0.1, -0.05) is 156 Å². The van der Waals surface area contributed by atoms with Crippen LogP contribution in [0.5, 0.6) is 0 Å². The minimum Gasteiger partial charge on any atom is -0.466 e. The van der Waals surface area contributed by atoms with Gasteiger partial charge in [-0.2, -0.15) is 0 Å². The number of carbonyl (C=O) groups excluding carboxylic acids is 1. The molecule has 0 aromatic carbocycles. The predicted molar refractivity (Wildman–Crippen MR) is 147 cm³/mol. The third kappa shape index (κ3) is 27.6. The smallest absolute Gasteiger partial charge is 0.305 e. The van der Waals surface area contributed by atoms with Gasteiger partial charge < -0.3 is 4.74 Å². The summed E-state index contributed by atoms with van der Waals surface area (Å²) in [7, 11) is 0. The van der Waals surface area contributed by atoms with Gasteiger partial charge in [0.15, 0.2) is 0 Å². The van der Waals surface area contributed by atoms with Crippen molar-refractivity contribution in [1.82, 2.24) is 0 Å². The summed E-state index contributed by atoms with van der Waals surface area (Å²) >= 11 is 0. The number of esters is 1. The molecule has 33 heavy (non-hydrogen) atoms. The molecule has 0 amide bonds. The van der Waals surface area contributed by atoms with Crippen LogP contribution in [0.1, 0.15) is 175 Å². The molecular formula is C31H62O2. The van der Waals surface area contributed by atoms with Crippen molar-refractivity contribution in [1.29, 1.82) is 0 Å². The fourth-order valence-electron chi connectivity index (χ4n) is 4.68. The fraction of sp³-hybridized carbons (Fsp3) is 0.968.